The van der Waals surface area contributed by atoms with Crippen LogP contribution in [0.2, 0.25) is 10.2 Å². The molecular weight excluding hydrogens is 273 g/mol. The number of rotatable bonds is 3. The number of benzene rings is 1. The van der Waals surface area contributed by atoms with Crippen LogP contribution in [-0.2, 0) is 0 Å². The minimum atomic E-state index is -0.953. The molecule has 1 aromatic carbocycles. The summed E-state index contributed by atoms with van der Waals surface area (Å²) < 4.78 is 5.01. The Bertz CT molecular complexity index is 628. The van der Waals surface area contributed by atoms with E-state index >= 15 is 0 Å². The second kappa shape index (κ2) is 5.26. The van der Waals surface area contributed by atoms with E-state index in [2.05, 4.69) is 0 Å². The number of hydrogen-bond acceptors (Lipinski definition) is 3. The third-order valence-electron chi connectivity index (χ3n) is 2.39. The molecule has 0 fully saturated rings. The van der Waals surface area contributed by atoms with Crippen LogP contribution < -0.4 is 0 Å². The van der Waals surface area contributed by atoms with E-state index in [9.17, 15) is 4.79 Å². The summed E-state index contributed by atoms with van der Waals surface area (Å²) in [5, 5.41) is 9.70. The molecule has 0 aliphatic rings. The van der Waals surface area contributed by atoms with Crippen LogP contribution in [0.5, 0.6) is 0 Å². The Morgan fingerprint density at radius 3 is 2.61 bits per heavy atom. The van der Waals surface area contributed by atoms with Gasteiger partial charge >= 0.3 is 0 Å². The van der Waals surface area contributed by atoms with E-state index < -0.39 is 11.7 Å². The Morgan fingerprint density at radius 1 is 1.28 bits per heavy atom. The van der Waals surface area contributed by atoms with Gasteiger partial charge in [-0.2, -0.15) is 5.26 Å². The second-order valence-electron chi connectivity index (χ2n) is 3.59. The van der Waals surface area contributed by atoms with Crippen molar-refractivity contribution >= 4 is 29.0 Å². The summed E-state index contributed by atoms with van der Waals surface area (Å²) in [5.74, 6) is -1.33. The number of hydrogen-bond donors (Lipinski definition) is 0. The van der Waals surface area contributed by atoms with Crippen molar-refractivity contribution in [1.82, 2.24) is 0 Å². The largest absolute Gasteiger partial charge is 0.442 e. The third-order valence-corrected chi connectivity index (χ3v) is 2.83. The van der Waals surface area contributed by atoms with E-state index in [1.807, 2.05) is 6.07 Å². The maximum absolute atomic E-state index is 12.1. The van der Waals surface area contributed by atoms with Gasteiger partial charge in [0.15, 0.2) is 11.0 Å². The van der Waals surface area contributed by atoms with Gasteiger partial charge in [0.1, 0.15) is 5.92 Å². The lowest BCUT2D eigenvalue weighted by Gasteiger charge is -2.06. The third kappa shape index (κ3) is 2.56. The fourth-order valence-electron chi connectivity index (χ4n) is 1.56. The number of carbonyl (C=O) groups excluding carboxylic acids is 1. The van der Waals surface area contributed by atoms with Gasteiger partial charge in [0, 0.05) is 5.02 Å². The van der Waals surface area contributed by atoms with Crippen molar-refractivity contribution in [2.75, 3.05) is 0 Å². The molecular formula is C13H7Cl2NO2. The Kier molecular flexibility index (Phi) is 3.71. The molecule has 0 N–H and O–H groups in total. The summed E-state index contributed by atoms with van der Waals surface area (Å²) in [4.78, 5) is 12.1. The van der Waals surface area contributed by atoms with Crippen molar-refractivity contribution in [3.63, 3.8) is 0 Å². The summed E-state index contributed by atoms with van der Waals surface area (Å²) in [6, 6.07) is 11.5. The van der Waals surface area contributed by atoms with Crippen LogP contribution in [0.25, 0.3) is 0 Å². The molecule has 1 heterocycles. The number of Topliss-reactive ketones (excluding diaryl/α,β-unsaturated/α-hetero) is 1. The number of furan rings is 1. The van der Waals surface area contributed by atoms with Crippen LogP contribution in [0.15, 0.2) is 40.8 Å². The molecule has 1 unspecified atom stereocenters. The molecule has 90 valence electrons. The van der Waals surface area contributed by atoms with Gasteiger partial charge < -0.3 is 4.42 Å². The van der Waals surface area contributed by atoms with Crippen LogP contribution in [0.3, 0.4) is 0 Å². The van der Waals surface area contributed by atoms with Gasteiger partial charge in [-0.3, -0.25) is 4.79 Å². The lowest BCUT2D eigenvalue weighted by atomic mass is 9.95. The van der Waals surface area contributed by atoms with Gasteiger partial charge in [0.2, 0.25) is 5.78 Å². The van der Waals surface area contributed by atoms with Crippen molar-refractivity contribution in [1.29, 1.82) is 5.26 Å². The summed E-state index contributed by atoms with van der Waals surface area (Å²) >= 11 is 11.4. The first-order chi connectivity index (χ1) is 8.61. The first-order valence-corrected chi connectivity index (χ1v) is 5.82. The maximum Gasteiger partial charge on any atom is 0.219 e. The lowest BCUT2D eigenvalue weighted by Crippen LogP contribution is -2.10. The van der Waals surface area contributed by atoms with Crippen LogP contribution in [-0.4, -0.2) is 5.78 Å². The van der Waals surface area contributed by atoms with Crippen LogP contribution >= 0.6 is 23.2 Å². The molecule has 2 rings (SSSR count). The van der Waals surface area contributed by atoms with Gasteiger partial charge in [-0.05, 0) is 41.4 Å². The normalized spacial score (nSPS) is 11.8. The van der Waals surface area contributed by atoms with E-state index in [0.717, 1.165) is 0 Å². The van der Waals surface area contributed by atoms with Gasteiger partial charge in [0.25, 0.3) is 0 Å². The van der Waals surface area contributed by atoms with Gasteiger partial charge in [-0.1, -0.05) is 23.7 Å². The predicted molar refractivity (Wildman–Crippen MR) is 67.9 cm³/mol. The molecule has 1 atom stereocenters. The molecule has 3 nitrogen and oxygen atoms in total. The average Bonchev–Trinajstić information content (AvgIpc) is 2.77. The fourth-order valence-corrected chi connectivity index (χ4v) is 1.90. The van der Waals surface area contributed by atoms with E-state index in [1.165, 1.54) is 12.1 Å². The molecule has 0 aliphatic heterocycles. The molecule has 0 saturated carbocycles. The highest BCUT2D eigenvalue weighted by Crippen LogP contribution is 2.25. The molecule has 0 bridgehead atoms. The highest BCUT2D eigenvalue weighted by molar-refractivity contribution is 6.30. The summed E-state index contributed by atoms with van der Waals surface area (Å²) in [6.45, 7) is 0. The number of nitrogens with zero attached hydrogens (tertiary/aromatic N) is 1. The Morgan fingerprint density at radius 2 is 2.06 bits per heavy atom. The zero-order valence-corrected chi connectivity index (χ0v) is 10.6. The zero-order chi connectivity index (χ0) is 13.1. The van der Waals surface area contributed by atoms with Crippen molar-refractivity contribution in [3.05, 3.63) is 58.0 Å². The summed E-state index contributed by atoms with van der Waals surface area (Å²) in [5.41, 5.74) is 0.530. The van der Waals surface area contributed by atoms with Gasteiger partial charge in [-0.15, -0.1) is 0 Å². The smallest absolute Gasteiger partial charge is 0.219 e. The van der Waals surface area contributed by atoms with Crippen molar-refractivity contribution in [2.24, 2.45) is 0 Å². The molecule has 2 aromatic rings. The van der Waals surface area contributed by atoms with E-state index in [4.69, 9.17) is 32.9 Å². The average molecular weight is 280 g/mol. The van der Waals surface area contributed by atoms with Crippen molar-refractivity contribution in [3.8, 4) is 6.07 Å². The summed E-state index contributed by atoms with van der Waals surface area (Å²) in [6.07, 6.45) is 0. The molecule has 0 aliphatic carbocycles. The Balaban J connectivity index is 2.35. The maximum atomic E-state index is 12.1. The van der Waals surface area contributed by atoms with Crippen LogP contribution in [0, 0.1) is 11.3 Å². The summed E-state index contributed by atoms with van der Waals surface area (Å²) in [7, 11) is 0. The van der Waals surface area contributed by atoms with Gasteiger partial charge in [0.05, 0.1) is 6.07 Å². The number of ketones is 1. The SMILES string of the molecule is N#CC(C(=O)c1ccc(Cl)o1)c1cccc(Cl)c1. The molecule has 0 saturated heterocycles. The molecule has 0 radical (unpaired) electrons. The molecule has 18 heavy (non-hydrogen) atoms. The molecule has 0 amide bonds. The fraction of sp³-hybridized carbons (Fsp3) is 0.0769. The Hall–Kier alpha value is -1.76. The second-order valence-corrected chi connectivity index (χ2v) is 4.39. The van der Waals surface area contributed by atoms with E-state index in [1.54, 1.807) is 24.3 Å². The Labute approximate surface area is 114 Å². The number of nitriles is 1. The monoisotopic (exact) mass is 279 g/mol. The topological polar surface area (TPSA) is 54.0 Å². The predicted octanol–water partition coefficient (Wildman–Crippen LogP) is 4.08. The number of halogens is 2. The molecule has 5 heteroatoms. The van der Waals surface area contributed by atoms with Crippen LogP contribution in [0.4, 0.5) is 0 Å². The molecule has 1 aromatic heterocycles. The van der Waals surface area contributed by atoms with Crippen molar-refractivity contribution in [2.45, 2.75) is 5.92 Å². The lowest BCUT2D eigenvalue weighted by molar-refractivity contribution is 0.0952. The van der Waals surface area contributed by atoms with E-state index in [-0.39, 0.29) is 11.0 Å². The minimum Gasteiger partial charge on any atom is -0.442 e. The van der Waals surface area contributed by atoms with Gasteiger partial charge in [-0.25, -0.2) is 0 Å². The molecule has 0 spiro atoms. The standard InChI is InChI=1S/C13H7Cl2NO2/c14-9-3-1-2-8(6-9)10(7-16)13(17)11-4-5-12(15)18-11/h1-6,10H. The van der Waals surface area contributed by atoms with E-state index in [0.29, 0.717) is 10.6 Å². The zero-order valence-electron chi connectivity index (χ0n) is 9.06. The minimum absolute atomic E-state index is 0.0616. The highest BCUT2D eigenvalue weighted by Gasteiger charge is 2.24. The first kappa shape index (κ1) is 12.7. The first-order valence-electron chi connectivity index (χ1n) is 5.06. The number of carbonyl (C=O) groups is 1. The quantitative estimate of drug-likeness (QED) is 0.796. The van der Waals surface area contributed by atoms with Crippen LogP contribution in [0.1, 0.15) is 22.0 Å². The highest BCUT2D eigenvalue weighted by atomic mass is 35.5. The van der Waals surface area contributed by atoms with Crippen molar-refractivity contribution < 1.29 is 9.21 Å².